The smallest absolute Gasteiger partial charge is 0.0462 e. The number of hydrogen-bond acceptors (Lipinski definition) is 3. The summed E-state index contributed by atoms with van der Waals surface area (Å²) in [4.78, 5) is 2.34. The largest absolute Gasteiger partial charge is 0.399 e. The molecule has 0 aromatic heterocycles. The molecule has 0 aliphatic rings. The summed E-state index contributed by atoms with van der Waals surface area (Å²) in [6.07, 6.45) is 2.26. The molecule has 1 rings (SSSR count). The van der Waals surface area contributed by atoms with Crippen molar-refractivity contribution in [1.82, 2.24) is 0 Å². The number of nitrogens with zero attached hydrogens (tertiary/aromatic N) is 1. The third kappa shape index (κ3) is 4.11. The van der Waals surface area contributed by atoms with Gasteiger partial charge in [-0.1, -0.05) is 6.07 Å². The summed E-state index contributed by atoms with van der Waals surface area (Å²) in [5, 5.41) is 0. The van der Waals surface area contributed by atoms with Crippen molar-refractivity contribution in [3.05, 3.63) is 24.3 Å². The maximum atomic E-state index is 5.78. The fourth-order valence-electron chi connectivity index (χ4n) is 1.74. The lowest BCUT2D eigenvalue weighted by Gasteiger charge is -2.23. The highest BCUT2D eigenvalue weighted by molar-refractivity contribution is 5.55. The maximum absolute atomic E-state index is 5.78. The molecule has 0 spiro atoms. The van der Waals surface area contributed by atoms with Crippen LogP contribution in [0.5, 0.6) is 0 Å². The SMILES string of the molecule is CCN(CCCCOC)c1cccc(N)c1. The minimum absolute atomic E-state index is 0.827. The predicted molar refractivity (Wildman–Crippen MR) is 69.9 cm³/mol. The summed E-state index contributed by atoms with van der Waals surface area (Å²) in [5.74, 6) is 0. The summed E-state index contributed by atoms with van der Waals surface area (Å²) in [6.45, 7) is 5.08. The van der Waals surface area contributed by atoms with Crippen LogP contribution in [0.25, 0.3) is 0 Å². The van der Waals surface area contributed by atoms with E-state index in [2.05, 4.69) is 17.9 Å². The molecule has 1 aromatic carbocycles. The molecule has 0 saturated heterocycles. The summed E-state index contributed by atoms with van der Waals surface area (Å²) < 4.78 is 5.04. The Balaban J connectivity index is 2.47. The van der Waals surface area contributed by atoms with Crippen LogP contribution in [0.15, 0.2) is 24.3 Å². The molecule has 0 heterocycles. The molecule has 0 bridgehead atoms. The van der Waals surface area contributed by atoms with Crippen molar-refractivity contribution in [2.24, 2.45) is 0 Å². The lowest BCUT2D eigenvalue weighted by molar-refractivity contribution is 0.193. The van der Waals surface area contributed by atoms with Crippen molar-refractivity contribution in [1.29, 1.82) is 0 Å². The van der Waals surface area contributed by atoms with Gasteiger partial charge in [0, 0.05) is 38.2 Å². The van der Waals surface area contributed by atoms with E-state index >= 15 is 0 Å². The fraction of sp³-hybridized carbons (Fsp3) is 0.538. The van der Waals surface area contributed by atoms with Gasteiger partial charge in [0.25, 0.3) is 0 Å². The van der Waals surface area contributed by atoms with E-state index in [4.69, 9.17) is 10.5 Å². The Hall–Kier alpha value is -1.22. The number of rotatable bonds is 7. The van der Waals surface area contributed by atoms with Gasteiger partial charge in [0.1, 0.15) is 0 Å². The lowest BCUT2D eigenvalue weighted by atomic mass is 10.2. The Kier molecular flexibility index (Phi) is 5.72. The first-order valence-electron chi connectivity index (χ1n) is 5.87. The monoisotopic (exact) mass is 222 g/mol. The molecule has 0 unspecified atom stereocenters. The zero-order valence-corrected chi connectivity index (χ0v) is 10.3. The van der Waals surface area contributed by atoms with Crippen molar-refractivity contribution < 1.29 is 4.74 Å². The third-order valence-electron chi connectivity index (χ3n) is 2.64. The Bertz CT molecular complexity index is 302. The molecular formula is C13H22N2O. The number of anilines is 2. The molecule has 0 saturated carbocycles. The molecule has 3 nitrogen and oxygen atoms in total. The van der Waals surface area contributed by atoms with Gasteiger partial charge < -0.3 is 15.4 Å². The van der Waals surface area contributed by atoms with Crippen LogP contribution >= 0.6 is 0 Å². The molecule has 90 valence electrons. The van der Waals surface area contributed by atoms with E-state index in [1.165, 1.54) is 5.69 Å². The van der Waals surface area contributed by atoms with Crippen molar-refractivity contribution >= 4 is 11.4 Å². The van der Waals surface area contributed by atoms with Crippen LogP contribution in [0.2, 0.25) is 0 Å². The molecule has 0 amide bonds. The molecule has 0 radical (unpaired) electrons. The summed E-state index contributed by atoms with van der Waals surface area (Å²) in [7, 11) is 1.75. The first kappa shape index (κ1) is 12.8. The van der Waals surface area contributed by atoms with E-state index in [1.54, 1.807) is 7.11 Å². The van der Waals surface area contributed by atoms with Crippen LogP contribution in [0.4, 0.5) is 11.4 Å². The number of hydrogen-bond donors (Lipinski definition) is 1. The van der Waals surface area contributed by atoms with Crippen LogP contribution in [0, 0.1) is 0 Å². The number of ether oxygens (including phenoxy) is 1. The highest BCUT2D eigenvalue weighted by Crippen LogP contribution is 2.17. The van der Waals surface area contributed by atoms with Gasteiger partial charge in [0.2, 0.25) is 0 Å². The van der Waals surface area contributed by atoms with Gasteiger partial charge in [0.05, 0.1) is 0 Å². The first-order chi connectivity index (χ1) is 7.77. The summed E-state index contributed by atoms with van der Waals surface area (Å²) >= 11 is 0. The van der Waals surface area contributed by atoms with E-state index < -0.39 is 0 Å². The van der Waals surface area contributed by atoms with Gasteiger partial charge in [0.15, 0.2) is 0 Å². The predicted octanol–water partition coefficient (Wildman–Crippen LogP) is 2.52. The highest BCUT2D eigenvalue weighted by Gasteiger charge is 2.03. The van der Waals surface area contributed by atoms with E-state index in [0.717, 1.165) is 38.2 Å². The van der Waals surface area contributed by atoms with Gasteiger partial charge in [-0.05, 0) is 38.0 Å². The van der Waals surface area contributed by atoms with Gasteiger partial charge in [-0.2, -0.15) is 0 Å². The second kappa shape index (κ2) is 7.12. The summed E-state index contributed by atoms with van der Waals surface area (Å²) in [6, 6.07) is 8.06. The standard InChI is InChI=1S/C13H22N2O/c1-3-15(9-4-5-10-16-2)13-8-6-7-12(14)11-13/h6-8,11H,3-5,9-10,14H2,1-2H3. The quantitative estimate of drug-likeness (QED) is 0.569. The van der Waals surface area contributed by atoms with Crippen LogP contribution in [0.3, 0.4) is 0 Å². The molecule has 3 heteroatoms. The lowest BCUT2D eigenvalue weighted by Crippen LogP contribution is -2.24. The number of benzene rings is 1. The van der Waals surface area contributed by atoms with Crippen molar-refractivity contribution in [3.8, 4) is 0 Å². The van der Waals surface area contributed by atoms with Crippen LogP contribution in [-0.2, 0) is 4.74 Å². The average molecular weight is 222 g/mol. The Morgan fingerprint density at radius 2 is 2.12 bits per heavy atom. The highest BCUT2D eigenvalue weighted by atomic mass is 16.5. The molecule has 16 heavy (non-hydrogen) atoms. The van der Waals surface area contributed by atoms with E-state index in [-0.39, 0.29) is 0 Å². The van der Waals surface area contributed by atoms with Gasteiger partial charge in [-0.25, -0.2) is 0 Å². The normalized spacial score (nSPS) is 10.4. The average Bonchev–Trinajstić information content (AvgIpc) is 2.29. The number of nitrogen functional groups attached to an aromatic ring is 1. The van der Waals surface area contributed by atoms with E-state index in [0.29, 0.717) is 0 Å². The zero-order chi connectivity index (χ0) is 11.8. The minimum Gasteiger partial charge on any atom is -0.399 e. The molecule has 0 aliphatic heterocycles. The molecule has 1 aromatic rings. The Morgan fingerprint density at radius 3 is 2.75 bits per heavy atom. The van der Waals surface area contributed by atoms with Gasteiger partial charge in [-0.3, -0.25) is 0 Å². The number of unbranched alkanes of at least 4 members (excludes halogenated alkanes) is 1. The second-order valence-electron chi connectivity index (χ2n) is 3.87. The van der Waals surface area contributed by atoms with Crippen molar-refractivity contribution in [2.75, 3.05) is 37.4 Å². The molecular weight excluding hydrogens is 200 g/mol. The van der Waals surface area contributed by atoms with Crippen molar-refractivity contribution in [2.45, 2.75) is 19.8 Å². The topological polar surface area (TPSA) is 38.5 Å². The first-order valence-corrected chi connectivity index (χ1v) is 5.87. The molecule has 0 atom stereocenters. The van der Waals surface area contributed by atoms with E-state index in [9.17, 15) is 0 Å². The zero-order valence-electron chi connectivity index (χ0n) is 10.3. The molecule has 2 N–H and O–H groups in total. The Labute approximate surface area is 98.2 Å². The molecule has 0 aliphatic carbocycles. The molecule has 0 fully saturated rings. The number of nitrogens with two attached hydrogens (primary N) is 1. The van der Waals surface area contributed by atoms with Crippen LogP contribution < -0.4 is 10.6 Å². The van der Waals surface area contributed by atoms with Gasteiger partial charge >= 0.3 is 0 Å². The summed E-state index contributed by atoms with van der Waals surface area (Å²) in [5.41, 5.74) is 7.82. The second-order valence-corrected chi connectivity index (χ2v) is 3.87. The minimum atomic E-state index is 0.827. The van der Waals surface area contributed by atoms with Crippen LogP contribution in [0.1, 0.15) is 19.8 Å². The third-order valence-corrected chi connectivity index (χ3v) is 2.64. The van der Waals surface area contributed by atoms with Gasteiger partial charge in [-0.15, -0.1) is 0 Å². The van der Waals surface area contributed by atoms with E-state index in [1.807, 2.05) is 18.2 Å². The van der Waals surface area contributed by atoms with Crippen LogP contribution in [-0.4, -0.2) is 26.8 Å². The number of methoxy groups -OCH3 is 1. The maximum Gasteiger partial charge on any atom is 0.0462 e. The van der Waals surface area contributed by atoms with Crippen molar-refractivity contribution in [3.63, 3.8) is 0 Å². The fourth-order valence-corrected chi connectivity index (χ4v) is 1.74. The Morgan fingerprint density at radius 1 is 1.31 bits per heavy atom.